The molecule has 4 aromatic rings. The molecule has 25 heavy (non-hydrogen) atoms. The van der Waals surface area contributed by atoms with Crippen molar-refractivity contribution in [3.8, 4) is 11.3 Å². The fraction of sp³-hybridized carbons (Fsp3) is 0.0526. The highest BCUT2D eigenvalue weighted by molar-refractivity contribution is 6.30. The van der Waals surface area contributed by atoms with Crippen molar-refractivity contribution in [1.29, 1.82) is 0 Å². The highest BCUT2D eigenvalue weighted by Crippen LogP contribution is 2.31. The maximum atomic E-state index is 5.91. The number of hydrogen-bond acceptors (Lipinski definition) is 4. The summed E-state index contributed by atoms with van der Waals surface area (Å²) < 4.78 is 1.81. The number of nitrogens with zero attached hydrogens (tertiary/aromatic N) is 5. The van der Waals surface area contributed by atoms with Gasteiger partial charge in [-0.15, -0.1) is 5.11 Å². The van der Waals surface area contributed by atoms with Crippen molar-refractivity contribution < 1.29 is 0 Å². The Labute approximate surface area is 149 Å². The Bertz CT molecular complexity index is 1050. The van der Waals surface area contributed by atoms with Gasteiger partial charge in [-0.2, -0.15) is 10.2 Å². The molecule has 0 N–H and O–H groups in total. The van der Waals surface area contributed by atoms with E-state index in [0.717, 1.165) is 28.3 Å². The molecule has 0 aliphatic carbocycles. The standard InChI is InChI=1S/C19H14ClN5/c1-13-11-18-21-12-17(23-22-16-9-7-15(20)8-10-16)19(25(18)24-13)14-5-3-2-4-6-14/h2-12H,1H3. The maximum Gasteiger partial charge on any atom is 0.156 e. The van der Waals surface area contributed by atoms with Gasteiger partial charge in [0, 0.05) is 16.7 Å². The van der Waals surface area contributed by atoms with Crippen LogP contribution in [0, 0.1) is 6.92 Å². The van der Waals surface area contributed by atoms with Crippen LogP contribution in [-0.4, -0.2) is 14.6 Å². The van der Waals surface area contributed by atoms with Crippen LogP contribution in [0.3, 0.4) is 0 Å². The van der Waals surface area contributed by atoms with Crippen molar-refractivity contribution in [2.75, 3.05) is 0 Å². The first-order valence-corrected chi connectivity index (χ1v) is 8.16. The SMILES string of the molecule is Cc1cc2ncc(N=Nc3ccc(Cl)cc3)c(-c3ccccc3)n2n1. The second-order valence-corrected chi connectivity index (χ2v) is 6.03. The number of aromatic nitrogens is 3. The number of aryl methyl sites for hydroxylation is 1. The summed E-state index contributed by atoms with van der Waals surface area (Å²) in [6.07, 6.45) is 1.72. The smallest absolute Gasteiger partial charge is 0.156 e. The lowest BCUT2D eigenvalue weighted by Gasteiger charge is -2.07. The third kappa shape index (κ3) is 3.14. The fourth-order valence-corrected chi connectivity index (χ4v) is 2.72. The van der Waals surface area contributed by atoms with E-state index < -0.39 is 0 Å². The van der Waals surface area contributed by atoms with E-state index in [1.54, 1.807) is 22.8 Å². The molecule has 0 saturated heterocycles. The molecule has 2 aromatic carbocycles. The Morgan fingerprint density at radius 2 is 1.72 bits per heavy atom. The van der Waals surface area contributed by atoms with Crippen molar-refractivity contribution in [2.45, 2.75) is 6.92 Å². The van der Waals surface area contributed by atoms with Gasteiger partial charge in [0.25, 0.3) is 0 Å². The molecule has 5 nitrogen and oxygen atoms in total. The van der Waals surface area contributed by atoms with Gasteiger partial charge in [-0.1, -0.05) is 41.9 Å². The molecular weight excluding hydrogens is 334 g/mol. The predicted octanol–water partition coefficient (Wildman–Crippen LogP) is 5.77. The third-order valence-corrected chi connectivity index (χ3v) is 3.99. The normalized spacial score (nSPS) is 11.4. The van der Waals surface area contributed by atoms with E-state index in [1.165, 1.54) is 0 Å². The molecule has 0 atom stereocenters. The van der Waals surface area contributed by atoms with Crippen molar-refractivity contribution in [3.63, 3.8) is 0 Å². The summed E-state index contributed by atoms with van der Waals surface area (Å²) in [5.74, 6) is 0. The number of halogens is 1. The predicted molar refractivity (Wildman–Crippen MR) is 98.8 cm³/mol. The van der Waals surface area contributed by atoms with Crippen molar-refractivity contribution in [3.05, 3.63) is 77.6 Å². The first-order valence-electron chi connectivity index (χ1n) is 7.79. The third-order valence-electron chi connectivity index (χ3n) is 3.73. The number of hydrogen-bond donors (Lipinski definition) is 0. The zero-order chi connectivity index (χ0) is 17.2. The summed E-state index contributed by atoms with van der Waals surface area (Å²) in [6, 6.07) is 19.1. The second kappa shape index (κ2) is 6.45. The summed E-state index contributed by atoms with van der Waals surface area (Å²) in [5.41, 5.74) is 4.91. The van der Waals surface area contributed by atoms with Gasteiger partial charge in [0.05, 0.1) is 17.6 Å². The minimum atomic E-state index is 0.650. The molecule has 0 unspecified atom stereocenters. The number of azo groups is 1. The Balaban J connectivity index is 1.87. The van der Waals surface area contributed by atoms with Crippen molar-refractivity contribution in [1.82, 2.24) is 14.6 Å². The van der Waals surface area contributed by atoms with Gasteiger partial charge >= 0.3 is 0 Å². The Hall–Kier alpha value is -3.05. The molecule has 122 valence electrons. The van der Waals surface area contributed by atoms with Crippen LogP contribution in [0.1, 0.15) is 5.69 Å². The summed E-state index contributed by atoms with van der Waals surface area (Å²) in [6.45, 7) is 1.94. The molecule has 0 spiro atoms. The zero-order valence-corrected chi connectivity index (χ0v) is 14.2. The van der Waals surface area contributed by atoms with Crippen LogP contribution in [-0.2, 0) is 0 Å². The lowest BCUT2D eigenvalue weighted by atomic mass is 10.1. The van der Waals surface area contributed by atoms with Crippen LogP contribution >= 0.6 is 11.6 Å². The molecular formula is C19H14ClN5. The van der Waals surface area contributed by atoms with Crippen LogP contribution in [0.2, 0.25) is 5.02 Å². The largest absolute Gasteiger partial charge is 0.235 e. The van der Waals surface area contributed by atoms with E-state index in [0.29, 0.717) is 10.7 Å². The summed E-state index contributed by atoms with van der Waals surface area (Å²) in [5, 5.41) is 13.9. The molecule has 0 aliphatic heterocycles. The quantitative estimate of drug-likeness (QED) is 0.441. The second-order valence-electron chi connectivity index (χ2n) is 5.59. The molecule has 0 amide bonds. The van der Waals surface area contributed by atoms with Gasteiger partial charge in [0.15, 0.2) is 5.65 Å². The van der Waals surface area contributed by atoms with Crippen molar-refractivity contribution >= 4 is 28.6 Å². The highest BCUT2D eigenvalue weighted by atomic mass is 35.5. The summed E-state index contributed by atoms with van der Waals surface area (Å²) >= 11 is 5.91. The van der Waals surface area contributed by atoms with Gasteiger partial charge in [0.1, 0.15) is 11.4 Å². The molecule has 0 aliphatic rings. The van der Waals surface area contributed by atoms with E-state index in [2.05, 4.69) is 20.3 Å². The van der Waals surface area contributed by atoms with Gasteiger partial charge < -0.3 is 0 Å². The van der Waals surface area contributed by atoms with E-state index in [9.17, 15) is 0 Å². The van der Waals surface area contributed by atoms with Gasteiger partial charge in [0.2, 0.25) is 0 Å². The number of fused-ring (bicyclic) bond motifs is 1. The average Bonchev–Trinajstić information content (AvgIpc) is 3.01. The molecule has 0 bridgehead atoms. The highest BCUT2D eigenvalue weighted by Gasteiger charge is 2.12. The monoisotopic (exact) mass is 347 g/mol. The fourth-order valence-electron chi connectivity index (χ4n) is 2.60. The molecule has 0 fully saturated rings. The van der Waals surface area contributed by atoms with E-state index in [1.807, 2.05) is 55.5 Å². The number of benzene rings is 2. The van der Waals surface area contributed by atoms with Crippen LogP contribution in [0.25, 0.3) is 16.9 Å². The lowest BCUT2D eigenvalue weighted by molar-refractivity contribution is 0.921. The Kier molecular flexibility index (Phi) is 3.99. The first-order chi connectivity index (χ1) is 12.2. The Morgan fingerprint density at radius 1 is 0.960 bits per heavy atom. The van der Waals surface area contributed by atoms with Crippen LogP contribution < -0.4 is 0 Å². The van der Waals surface area contributed by atoms with Crippen LogP contribution in [0.5, 0.6) is 0 Å². The molecule has 0 radical (unpaired) electrons. The summed E-state index contributed by atoms with van der Waals surface area (Å²) in [4.78, 5) is 4.44. The minimum Gasteiger partial charge on any atom is -0.235 e. The molecule has 6 heteroatoms. The molecule has 2 heterocycles. The van der Waals surface area contributed by atoms with Gasteiger partial charge in [-0.25, -0.2) is 9.50 Å². The topological polar surface area (TPSA) is 54.9 Å². The lowest BCUT2D eigenvalue weighted by Crippen LogP contribution is -1.96. The minimum absolute atomic E-state index is 0.650. The van der Waals surface area contributed by atoms with E-state index in [-0.39, 0.29) is 0 Å². The first kappa shape index (κ1) is 15.5. The van der Waals surface area contributed by atoms with Gasteiger partial charge in [-0.05, 0) is 31.2 Å². The zero-order valence-electron chi connectivity index (χ0n) is 13.5. The number of rotatable bonds is 3. The van der Waals surface area contributed by atoms with Crippen LogP contribution in [0.15, 0.2) is 77.1 Å². The molecule has 2 aromatic heterocycles. The Morgan fingerprint density at radius 3 is 2.48 bits per heavy atom. The van der Waals surface area contributed by atoms with E-state index >= 15 is 0 Å². The molecule has 0 saturated carbocycles. The van der Waals surface area contributed by atoms with E-state index in [4.69, 9.17) is 11.6 Å². The van der Waals surface area contributed by atoms with Crippen molar-refractivity contribution in [2.24, 2.45) is 10.2 Å². The van der Waals surface area contributed by atoms with Gasteiger partial charge in [-0.3, -0.25) is 0 Å². The summed E-state index contributed by atoms with van der Waals surface area (Å²) in [7, 11) is 0. The molecule has 4 rings (SSSR count). The average molecular weight is 348 g/mol. The van der Waals surface area contributed by atoms with Crippen LogP contribution in [0.4, 0.5) is 11.4 Å². The maximum absolute atomic E-state index is 5.91.